The molecule has 0 radical (unpaired) electrons. The lowest BCUT2D eigenvalue weighted by molar-refractivity contribution is 0.0235. The molecule has 1 aromatic heterocycles. The first-order valence-electron chi connectivity index (χ1n) is 7.20. The minimum absolute atomic E-state index is 0.158. The first-order chi connectivity index (χ1) is 9.85. The van der Waals surface area contributed by atoms with Crippen LogP contribution in [0, 0.1) is 0 Å². The van der Waals surface area contributed by atoms with Gasteiger partial charge < -0.3 is 15.0 Å². The van der Waals surface area contributed by atoms with E-state index in [4.69, 9.17) is 4.74 Å². The Morgan fingerprint density at radius 3 is 2.90 bits per heavy atom. The SMILES string of the molecule is CC(C)(C)OC(=O)N1CCC[C@H]1CNc1ccc(Br)cn1. The molecule has 0 bridgehead atoms. The van der Waals surface area contributed by atoms with Gasteiger partial charge in [-0.1, -0.05) is 0 Å². The highest BCUT2D eigenvalue weighted by Gasteiger charge is 2.31. The van der Waals surface area contributed by atoms with Crippen molar-refractivity contribution in [1.29, 1.82) is 0 Å². The normalized spacial score (nSPS) is 18.7. The van der Waals surface area contributed by atoms with Gasteiger partial charge in [-0.05, 0) is 61.7 Å². The number of aromatic nitrogens is 1. The molecule has 1 N–H and O–H groups in total. The van der Waals surface area contributed by atoms with Gasteiger partial charge in [-0.15, -0.1) is 0 Å². The summed E-state index contributed by atoms with van der Waals surface area (Å²) in [4.78, 5) is 18.3. The third kappa shape index (κ3) is 4.88. The Morgan fingerprint density at radius 1 is 1.52 bits per heavy atom. The molecule has 5 nitrogen and oxygen atoms in total. The van der Waals surface area contributed by atoms with Crippen LogP contribution in [0.4, 0.5) is 10.6 Å². The van der Waals surface area contributed by atoms with E-state index in [1.165, 1.54) is 0 Å². The van der Waals surface area contributed by atoms with E-state index in [0.29, 0.717) is 6.54 Å². The van der Waals surface area contributed by atoms with Crippen LogP contribution in [0.2, 0.25) is 0 Å². The zero-order chi connectivity index (χ0) is 15.5. The predicted molar refractivity (Wildman–Crippen MR) is 86.4 cm³/mol. The number of ether oxygens (including phenoxy) is 1. The number of hydrogen-bond acceptors (Lipinski definition) is 4. The molecule has 1 aliphatic rings. The average molecular weight is 356 g/mol. The summed E-state index contributed by atoms with van der Waals surface area (Å²) >= 11 is 3.36. The monoisotopic (exact) mass is 355 g/mol. The molecule has 1 saturated heterocycles. The molecule has 0 spiro atoms. The smallest absolute Gasteiger partial charge is 0.410 e. The minimum atomic E-state index is -0.453. The van der Waals surface area contributed by atoms with Crippen molar-refractivity contribution in [2.75, 3.05) is 18.4 Å². The fraction of sp³-hybridized carbons (Fsp3) is 0.600. The molecule has 6 heteroatoms. The lowest BCUT2D eigenvalue weighted by Crippen LogP contribution is -2.42. The predicted octanol–water partition coefficient (Wildman–Crippen LogP) is 3.66. The number of carbonyl (C=O) groups excluding carboxylic acids is 1. The summed E-state index contributed by atoms with van der Waals surface area (Å²) in [6.45, 7) is 7.11. The maximum Gasteiger partial charge on any atom is 0.410 e. The van der Waals surface area contributed by atoms with Crippen molar-refractivity contribution >= 4 is 27.8 Å². The zero-order valence-electron chi connectivity index (χ0n) is 12.7. The second kappa shape index (κ2) is 6.64. The molecule has 116 valence electrons. The van der Waals surface area contributed by atoms with E-state index in [-0.39, 0.29) is 12.1 Å². The van der Waals surface area contributed by atoms with E-state index >= 15 is 0 Å². The third-order valence-corrected chi connectivity index (χ3v) is 3.72. The number of carbonyl (C=O) groups is 1. The molecular weight excluding hydrogens is 334 g/mol. The van der Waals surface area contributed by atoms with Crippen LogP contribution in [0.5, 0.6) is 0 Å². The fourth-order valence-electron chi connectivity index (χ4n) is 2.31. The minimum Gasteiger partial charge on any atom is -0.444 e. The van der Waals surface area contributed by atoms with Crippen LogP contribution in [-0.4, -0.2) is 40.7 Å². The summed E-state index contributed by atoms with van der Waals surface area (Å²) in [6.07, 6.45) is 3.53. The topological polar surface area (TPSA) is 54.5 Å². The van der Waals surface area contributed by atoms with Crippen LogP contribution >= 0.6 is 15.9 Å². The van der Waals surface area contributed by atoms with Crippen molar-refractivity contribution in [3.05, 3.63) is 22.8 Å². The van der Waals surface area contributed by atoms with E-state index in [1.54, 1.807) is 6.20 Å². The number of halogens is 1. The highest BCUT2D eigenvalue weighted by atomic mass is 79.9. The molecule has 1 amide bonds. The first kappa shape index (κ1) is 16.1. The number of likely N-dealkylation sites (tertiary alicyclic amines) is 1. The van der Waals surface area contributed by atoms with Gasteiger partial charge in [0.2, 0.25) is 0 Å². The first-order valence-corrected chi connectivity index (χ1v) is 7.99. The average Bonchev–Trinajstić information content (AvgIpc) is 2.84. The molecular formula is C15H22BrN3O2. The Balaban J connectivity index is 1.90. The van der Waals surface area contributed by atoms with Gasteiger partial charge in [0.25, 0.3) is 0 Å². The largest absolute Gasteiger partial charge is 0.444 e. The fourth-order valence-corrected chi connectivity index (χ4v) is 2.55. The van der Waals surface area contributed by atoms with Crippen LogP contribution in [0.3, 0.4) is 0 Å². The van der Waals surface area contributed by atoms with Gasteiger partial charge in [-0.25, -0.2) is 9.78 Å². The molecule has 21 heavy (non-hydrogen) atoms. The maximum absolute atomic E-state index is 12.2. The molecule has 1 fully saturated rings. The van der Waals surface area contributed by atoms with E-state index in [1.807, 2.05) is 37.8 Å². The Kier molecular flexibility index (Phi) is 5.08. The Morgan fingerprint density at radius 2 is 2.29 bits per heavy atom. The van der Waals surface area contributed by atoms with Crippen LogP contribution in [0.1, 0.15) is 33.6 Å². The zero-order valence-corrected chi connectivity index (χ0v) is 14.3. The number of hydrogen-bond donors (Lipinski definition) is 1. The molecule has 2 rings (SSSR count). The molecule has 1 atom stereocenters. The van der Waals surface area contributed by atoms with Crippen molar-refractivity contribution < 1.29 is 9.53 Å². The molecule has 0 aromatic carbocycles. The van der Waals surface area contributed by atoms with Gasteiger partial charge in [-0.2, -0.15) is 0 Å². The van der Waals surface area contributed by atoms with Gasteiger partial charge in [0.1, 0.15) is 11.4 Å². The van der Waals surface area contributed by atoms with Gasteiger partial charge >= 0.3 is 6.09 Å². The second-order valence-corrected chi connectivity index (χ2v) is 7.13. The van der Waals surface area contributed by atoms with Gasteiger partial charge in [-0.3, -0.25) is 0 Å². The number of rotatable bonds is 3. The van der Waals surface area contributed by atoms with Crippen LogP contribution in [0.25, 0.3) is 0 Å². The van der Waals surface area contributed by atoms with Crippen molar-refractivity contribution in [3.8, 4) is 0 Å². The molecule has 1 aromatic rings. The van der Waals surface area contributed by atoms with E-state index in [2.05, 4.69) is 26.2 Å². The molecule has 0 saturated carbocycles. The quantitative estimate of drug-likeness (QED) is 0.898. The lowest BCUT2D eigenvalue weighted by atomic mass is 10.2. The summed E-state index contributed by atoms with van der Waals surface area (Å²) < 4.78 is 6.41. The highest BCUT2D eigenvalue weighted by molar-refractivity contribution is 9.10. The summed E-state index contributed by atoms with van der Waals surface area (Å²) in [5.41, 5.74) is -0.453. The number of nitrogens with zero attached hydrogens (tertiary/aromatic N) is 2. The van der Waals surface area contributed by atoms with E-state index < -0.39 is 5.60 Å². The summed E-state index contributed by atoms with van der Waals surface area (Å²) in [6, 6.07) is 4.01. The Bertz CT molecular complexity index is 485. The van der Waals surface area contributed by atoms with Crippen molar-refractivity contribution in [1.82, 2.24) is 9.88 Å². The number of nitrogens with one attached hydrogen (secondary N) is 1. The number of pyridine rings is 1. The van der Waals surface area contributed by atoms with Crippen molar-refractivity contribution in [2.45, 2.75) is 45.3 Å². The van der Waals surface area contributed by atoms with Gasteiger partial charge in [0, 0.05) is 23.8 Å². The molecule has 0 unspecified atom stereocenters. The summed E-state index contributed by atoms with van der Waals surface area (Å²) in [5.74, 6) is 0.814. The van der Waals surface area contributed by atoms with E-state index in [0.717, 1.165) is 29.7 Å². The molecule has 2 heterocycles. The van der Waals surface area contributed by atoms with Crippen molar-refractivity contribution in [3.63, 3.8) is 0 Å². The van der Waals surface area contributed by atoms with E-state index in [9.17, 15) is 4.79 Å². The van der Waals surface area contributed by atoms with Gasteiger partial charge in [0.15, 0.2) is 0 Å². The van der Waals surface area contributed by atoms with Crippen molar-refractivity contribution in [2.24, 2.45) is 0 Å². The third-order valence-electron chi connectivity index (χ3n) is 3.25. The second-order valence-electron chi connectivity index (χ2n) is 6.21. The highest BCUT2D eigenvalue weighted by Crippen LogP contribution is 2.21. The lowest BCUT2D eigenvalue weighted by Gasteiger charge is -2.28. The van der Waals surface area contributed by atoms with Gasteiger partial charge in [0.05, 0.1) is 6.04 Å². The number of amides is 1. The summed E-state index contributed by atoms with van der Waals surface area (Å²) in [7, 11) is 0. The summed E-state index contributed by atoms with van der Waals surface area (Å²) in [5, 5.41) is 3.28. The van der Waals surface area contributed by atoms with Crippen LogP contribution in [-0.2, 0) is 4.74 Å². The molecule has 0 aliphatic carbocycles. The van der Waals surface area contributed by atoms with Crippen LogP contribution < -0.4 is 5.32 Å². The Hall–Kier alpha value is -1.30. The Labute approximate surface area is 134 Å². The standard InChI is InChI=1S/C15H22BrN3O2/c1-15(2,3)21-14(20)19-8-4-5-12(19)10-18-13-7-6-11(16)9-17-13/h6-7,9,12H,4-5,8,10H2,1-3H3,(H,17,18)/t12-/m0/s1. The maximum atomic E-state index is 12.2. The number of anilines is 1. The van der Waals surface area contributed by atoms with Crippen LogP contribution in [0.15, 0.2) is 22.8 Å². The molecule has 1 aliphatic heterocycles.